The molecule has 0 atom stereocenters. The number of aryl methyl sites for hydroxylation is 1. The lowest BCUT2D eigenvalue weighted by molar-refractivity contribution is 0.0463. The highest BCUT2D eigenvalue weighted by Gasteiger charge is 2.15. The number of hydrogen-bond acceptors (Lipinski definition) is 6. The van der Waals surface area contributed by atoms with Gasteiger partial charge in [0.15, 0.2) is 0 Å². The van der Waals surface area contributed by atoms with Crippen molar-refractivity contribution in [2.24, 2.45) is 0 Å². The quantitative estimate of drug-likeness (QED) is 0.440. The summed E-state index contributed by atoms with van der Waals surface area (Å²) < 4.78 is 6.91. The normalized spacial score (nSPS) is 10.6. The highest BCUT2D eigenvalue weighted by Crippen LogP contribution is 2.32. The van der Waals surface area contributed by atoms with Crippen molar-refractivity contribution >= 4 is 23.4 Å². The number of nitriles is 1. The van der Waals surface area contributed by atoms with Crippen molar-refractivity contribution < 1.29 is 9.53 Å². The molecule has 0 bridgehead atoms. The molecule has 0 aliphatic carbocycles. The Morgan fingerprint density at radius 3 is 2.65 bits per heavy atom. The Morgan fingerprint density at radius 1 is 1.10 bits per heavy atom. The fraction of sp³-hybridized carbons (Fsp3) is 0.0833. The number of aromatic nitrogens is 2. The van der Waals surface area contributed by atoms with Crippen molar-refractivity contribution in [2.45, 2.75) is 23.3 Å². The van der Waals surface area contributed by atoms with Gasteiger partial charge in [0.05, 0.1) is 16.8 Å². The van der Waals surface area contributed by atoms with E-state index < -0.39 is 5.97 Å². The number of pyridine rings is 1. The van der Waals surface area contributed by atoms with Crippen LogP contribution in [0.2, 0.25) is 0 Å². The zero-order chi connectivity index (χ0) is 21.8. The van der Waals surface area contributed by atoms with Crippen LogP contribution in [0.3, 0.4) is 0 Å². The van der Waals surface area contributed by atoms with Crippen molar-refractivity contribution in [2.75, 3.05) is 0 Å². The lowest BCUT2D eigenvalue weighted by Gasteiger charge is -2.10. The molecule has 0 fully saturated rings. The van der Waals surface area contributed by atoms with Crippen molar-refractivity contribution in [3.63, 3.8) is 0 Å². The van der Waals surface area contributed by atoms with E-state index in [-0.39, 0.29) is 12.2 Å². The Kier molecular flexibility index (Phi) is 5.83. The summed E-state index contributed by atoms with van der Waals surface area (Å²) in [6, 6.07) is 21.4. The Labute approximate surface area is 182 Å². The van der Waals surface area contributed by atoms with E-state index in [1.54, 1.807) is 42.6 Å². The monoisotopic (exact) mass is 427 g/mol. The molecular formula is C24H17N3O3S. The summed E-state index contributed by atoms with van der Waals surface area (Å²) in [4.78, 5) is 30.9. The third-order valence-corrected chi connectivity index (χ3v) is 5.70. The molecule has 4 rings (SSSR count). The second-order valence-electron chi connectivity index (χ2n) is 6.80. The van der Waals surface area contributed by atoms with Gasteiger partial charge >= 0.3 is 5.97 Å². The minimum absolute atomic E-state index is 0.119. The average molecular weight is 427 g/mol. The van der Waals surface area contributed by atoms with Crippen LogP contribution >= 0.6 is 11.8 Å². The molecule has 0 N–H and O–H groups in total. The summed E-state index contributed by atoms with van der Waals surface area (Å²) in [5.41, 5.74) is 2.50. The molecule has 0 aliphatic heterocycles. The molecule has 0 aliphatic rings. The fourth-order valence-electron chi connectivity index (χ4n) is 3.04. The second-order valence-corrected chi connectivity index (χ2v) is 7.89. The van der Waals surface area contributed by atoms with Crippen molar-refractivity contribution in [3.8, 4) is 6.07 Å². The van der Waals surface area contributed by atoms with Crippen LogP contribution in [0, 0.1) is 18.3 Å². The highest BCUT2D eigenvalue weighted by atomic mass is 32.2. The number of carbonyl (C=O) groups is 1. The molecule has 0 radical (unpaired) electrons. The molecule has 0 spiro atoms. The van der Waals surface area contributed by atoms with E-state index >= 15 is 0 Å². The van der Waals surface area contributed by atoms with E-state index in [0.29, 0.717) is 27.4 Å². The van der Waals surface area contributed by atoms with E-state index in [2.05, 4.69) is 11.1 Å². The van der Waals surface area contributed by atoms with Crippen LogP contribution in [-0.4, -0.2) is 15.4 Å². The van der Waals surface area contributed by atoms with Crippen LogP contribution < -0.4 is 5.56 Å². The van der Waals surface area contributed by atoms with E-state index in [1.807, 2.05) is 31.2 Å². The lowest BCUT2D eigenvalue weighted by Crippen LogP contribution is -2.17. The van der Waals surface area contributed by atoms with Gasteiger partial charge < -0.3 is 4.74 Å². The number of fused-ring (bicyclic) bond motifs is 1. The lowest BCUT2D eigenvalue weighted by atomic mass is 10.2. The molecule has 4 aromatic rings. The van der Waals surface area contributed by atoms with Gasteiger partial charge in [0.2, 0.25) is 0 Å². The van der Waals surface area contributed by atoms with E-state index in [1.165, 1.54) is 22.2 Å². The summed E-state index contributed by atoms with van der Waals surface area (Å²) in [6.07, 6.45) is 1.72. The Bertz CT molecular complexity index is 1390. The number of ether oxygens (including phenoxy) is 1. The Hall–Kier alpha value is -3.89. The predicted octanol–water partition coefficient (Wildman–Crippen LogP) is 4.38. The molecule has 31 heavy (non-hydrogen) atoms. The Balaban J connectivity index is 1.55. The summed E-state index contributed by atoms with van der Waals surface area (Å²) in [7, 11) is 0. The largest absolute Gasteiger partial charge is 0.456 e. The fourth-order valence-corrected chi connectivity index (χ4v) is 4.06. The van der Waals surface area contributed by atoms with Gasteiger partial charge in [-0.1, -0.05) is 42.1 Å². The maximum atomic E-state index is 12.8. The number of benzene rings is 2. The van der Waals surface area contributed by atoms with Gasteiger partial charge in [-0.3, -0.25) is 9.20 Å². The SMILES string of the molecule is Cc1ccc2nc(COC(=O)c3ccccc3Sc3ccccc3C#N)cc(=O)n2c1. The van der Waals surface area contributed by atoms with Crippen LogP contribution in [0.25, 0.3) is 5.65 Å². The molecule has 7 heteroatoms. The van der Waals surface area contributed by atoms with Crippen molar-refractivity contribution in [1.82, 2.24) is 9.38 Å². The maximum absolute atomic E-state index is 12.8. The van der Waals surface area contributed by atoms with Crippen molar-refractivity contribution in [3.05, 3.63) is 106 Å². The minimum Gasteiger partial charge on any atom is -0.456 e. The van der Waals surface area contributed by atoms with Crippen LogP contribution in [0.15, 0.2) is 87.5 Å². The molecule has 0 unspecified atom stereocenters. The van der Waals surface area contributed by atoms with Gasteiger partial charge in [-0.05, 0) is 42.8 Å². The summed E-state index contributed by atoms with van der Waals surface area (Å²) in [6.45, 7) is 1.78. The third kappa shape index (κ3) is 4.49. The average Bonchev–Trinajstić information content (AvgIpc) is 2.79. The third-order valence-electron chi connectivity index (χ3n) is 4.55. The number of carbonyl (C=O) groups excluding carboxylic acids is 1. The summed E-state index contributed by atoms with van der Waals surface area (Å²) in [5.74, 6) is -0.525. The van der Waals surface area contributed by atoms with Crippen LogP contribution in [-0.2, 0) is 11.3 Å². The smallest absolute Gasteiger partial charge is 0.339 e. The zero-order valence-corrected chi connectivity index (χ0v) is 17.4. The second kappa shape index (κ2) is 8.86. The number of esters is 1. The summed E-state index contributed by atoms with van der Waals surface area (Å²) in [5, 5.41) is 9.31. The molecule has 0 saturated heterocycles. The molecule has 0 amide bonds. The van der Waals surface area contributed by atoms with Crippen molar-refractivity contribution in [1.29, 1.82) is 5.26 Å². The standard InChI is InChI=1S/C24H17N3O3S/c1-16-10-11-22-26-18(12-23(28)27(22)14-16)15-30-24(29)19-7-3-5-9-21(19)31-20-8-4-2-6-17(20)13-25/h2-12,14H,15H2,1H3. The van der Waals surface area contributed by atoms with Crippen LogP contribution in [0.4, 0.5) is 0 Å². The van der Waals surface area contributed by atoms with Gasteiger partial charge in [-0.2, -0.15) is 5.26 Å². The van der Waals surface area contributed by atoms with E-state index in [0.717, 1.165) is 10.5 Å². The molecular weight excluding hydrogens is 410 g/mol. The van der Waals surface area contributed by atoms with Gasteiger partial charge in [-0.15, -0.1) is 0 Å². The van der Waals surface area contributed by atoms with Gasteiger partial charge in [0.25, 0.3) is 5.56 Å². The van der Waals surface area contributed by atoms with E-state index in [4.69, 9.17) is 4.74 Å². The molecule has 2 aromatic heterocycles. The number of hydrogen-bond donors (Lipinski definition) is 0. The first-order valence-electron chi connectivity index (χ1n) is 9.47. The van der Waals surface area contributed by atoms with Gasteiger partial charge in [0, 0.05) is 22.1 Å². The van der Waals surface area contributed by atoms with Gasteiger partial charge in [-0.25, -0.2) is 9.78 Å². The number of nitrogens with zero attached hydrogens (tertiary/aromatic N) is 3. The molecule has 152 valence electrons. The highest BCUT2D eigenvalue weighted by molar-refractivity contribution is 7.99. The topological polar surface area (TPSA) is 84.5 Å². The number of rotatable bonds is 5. The molecule has 2 heterocycles. The Morgan fingerprint density at radius 2 is 1.84 bits per heavy atom. The first kappa shape index (κ1) is 20.4. The predicted molar refractivity (Wildman–Crippen MR) is 117 cm³/mol. The van der Waals surface area contributed by atoms with Crippen LogP contribution in [0.1, 0.15) is 27.2 Å². The molecule has 6 nitrogen and oxygen atoms in total. The van der Waals surface area contributed by atoms with E-state index in [9.17, 15) is 14.9 Å². The molecule has 2 aromatic carbocycles. The maximum Gasteiger partial charge on any atom is 0.339 e. The first-order valence-corrected chi connectivity index (χ1v) is 10.3. The zero-order valence-electron chi connectivity index (χ0n) is 16.6. The summed E-state index contributed by atoms with van der Waals surface area (Å²) >= 11 is 1.33. The van der Waals surface area contributed by atoms with Crippen LogP contribution in [0.5, 0.6) is 0 Å². The minimum atomic E-state index is -0.525. The first-order chi connectivity index (χ1) is 15.0. The van der Waals surface area contributed by atoms with Gasteiger partial charge in [0.1, 0.15) is 18.3 Å². The molecule has 0 saturated carbocycles.